The summed E-state index contributed by atoms with van der Waals surface area (Å²) < 4.78 is 0. The van der Waals surface area contributed by atoms with Crippen LogP contribution in [-0.2, 0) is 9.59 Å². The summed E-state index contributed by atoms with van der Waals surface area (Å²) in [5.41, 5.74) is 14.7. The lowest BCUT2D eigenvalue weighted by Gasteiger charge is -2.03. The van der Waals surface area contributed by atoms with Crippen molar-refractivity contribution in [2.24, 2.45) is 22.2 Å². The number of hydrogen-bond donors (Lipinski definition) is 4. The van der Waals surface area contributed by atoms with Gasteiger partial charge in [0, 0.05) is 0 Å². The molecule has 7 nitrogen and oxygen atoms in total. The highest BCUT2D eigenvalue weighted by molar-refractivity contribution is 6.40. The van der Waals surface area contributed by atoms with Crippen LogP contribution < -0.4 is 17.2 Å². The molecule has 1 unspecified atom stereocenters. The molecule has 0 aliphatic rings. The summed E-state index contributed by atoms with van der Waals surface area (Å²) in [6.07, 6.45) is -0.174. The zero-order valence-corrected chi connectivity index (χ0v) is 7.78. The van der Waals surface area contributed by atoms with E-state index in [1.807, 2.05) is 0 Å². The second-order valence-corrected chi connectivity index (χ2v) is 2.72. The smallest absolute Gasteiger partial charge is 0.262 e. The molecule has 0 rings (SSSR count). The molecule has 0 aromatic rings. The maximum atomic E-state index is 10.6. The fourth-order valence-electron chi connectivity index (χ4n) is 0.626. The van der Waals surface area contributed by atoms with Crippen LogP contribution in [0, 0.1) is 5.41 Å². The van der Waals surface area contributed by atoms with Gasteiger partial charge in [-0.1, -0.05) is 0 Å². The lowest BCUT2D eigenvalue weighted by Crippen LogP contribution is -2.31. The van der Waals surface area contributed by atoms with Gasteiger partial charge in [0.1, 0.15) is 17.6 Å². The summed E-state index contributed by atoms with van der Waals surface area (Å²) >= 11 is 0. The van der Waals surface area contributed by atoms with Crippen molar-refractivity contribution in [2.45, 2.75) is 19.4 Å². The summed E-state index contributed by atoms with van der Waals surface area (Å²) in [4.78, 5) is 24.7. The largest absolute Gasteiger partial charge is 0.387 e. The normalized spacial score (nSPS) is 13.4. The molecule has 0 saturated heterocycles. The number of carbonyl (C=O) groups is 2. The molecule has 0 aromatic heterocycles. The van der Waals surface area contributed by atoms with E-state index in [2.05, 4.69) is 4.99 Å². The van der Waals surface area contributed by atoms with Crippen LogP contribution in [0.15, 0.2) is 4.99 Å². The predicted octanol–water partition coefficient (Wildman–Crippen LogP) is -1.89. The van der Waals surface area contributed by atoms with Crippen molar-refractivity contribution in [3.05, 3.63) is 0 Å². The molecule has 0 aromatic carbocycles. The van der Waals surface area contributed by atoms with E-state index in [9.17, 15) is 9.59 Å². The first-order valence-corrected chi connectivity index (χ1v) is 3.83. The Morgan fingerprint density at radius 2 is 1.86 bits per heavy atom. The Morgan fingerprint density at radius 3 is 2.21 bits per heavy atom. The van der Waals surface area contributed by atoms with Gasteiger partial charge in [-0.25, -0.2) is 0 Å². The van der Waals surface area contributed by atoms with Gasteiger partial charge in [-0.05, 0) is 6.92 Å². The van der Waals surface area contributed by atoms with Gasteiger partial charge < -0.3 is 17.2 Å². The Hall–Kier alpha value is -1.92. The molecule has 7 N–H and O–H groups in total. The van der Waals surface area contributed by atoms with Crippen LogP contribution in [-0.4, -0.2) is 29.4 Å². The third-order valence-electron chi connectivity index (χ3n) is 1.43. The Bertz CT molecular complexity index is 296. The zero-order chi connectivity index (χ0) is 11.3. The number of nitrogens with one attached hydrogen (secondary N) is 1. The summed E-state index contributed by atoms with van der Waals surface area (Å²) in [5.74, 6) is -1.51. The van der Waals surface area contributed by atoms with Crippen LogP contribution in [0.3, 0.4) is 0 Å². The van der Waals surface area contributed by atoms with E-state index in [0.717, 1.165) is 0 Å². The standard InChI is InChI=1S/C7H13N5O2/c1-3(6(10)13)12-5(9)2-4(8)7(11)14/h3,8H,2H2,1H3,(H2,9,12)(H2,10,13)(H2,11,14). The topological polar surface area (TPSA) is 148 Å². The van der Waals surface area contributed by atoms with E-state index in [1.54, 1.807) is 0 Å². The lowest BCUT2D eigenvalue weighted by molar-refractivity contribution is -0.118. The molecule has 78 valence electrons. The number of aliphatic imine (C=N–C) groups is 1. The molecule has 14 heavy (non-hydrogen) atoms. The highest BCUT2D eigenvalue weighted by Crippen LogP contribution is 1.91. The van der Waals surface area contributed by atoms with E-state index in [-0.39, 0.29) is 18.0 Å². The minimum absolute atomic E-state index is 0.0138. The summed E-state index contributed by atoms with van der Waals surface area (Å²) in [6.45, 7) is 1.46. The minimum Gasteiger partial charge on any atom is -0.387 e. The van der Waals surface area contributed by atoms with E-state index >= 15 is 0 Å². The number of amides is 2. The zero-order valence-electron chi connectivity index (χ0n) is 7.78. The van der Waals surface area contributed by atoms with Crippen LogP contribution in [0.4, 0.5) is 0 Å². The van der Waals surface area contributed by atoms with Crippen LogP contribution in [0.1, 0.15) is 13.3 Å². The molecular weight excluding hydrogens is 186 g/mol. The molecule has 0 spiro atoms. The maximum absolute atomic E-state index is 10.6. The van der Waals surface area contributed by atoms with Gasteiger partial charge in [-0.2, -0.15) is 0 Å². The van der Waals surface area contributed by atoms with Crippen LogP contribution in [0.2, 0.25) is 0 Å². The summed E-state index contributed by atoms with van der Waals surface area (Å²) in [6, 6.07) is -0.768. The number of primary amides is 2. The first kappa shape index (κ1) is 12.1. The number of rotatable bonds is 5. The van der Waals surface area contributed by atoms with Gasteiger partial charge >= 0.3 is 0 Å². The predicted molar refractivity (Wildman–Crippen MR) is 51.8 cm³/mol. The molecule has 0 aliphatic carbocycles. The van der Waals surface area contributed by atoms with Crippen molar-refractivity contribution in [3.8, 4) is 0 Å². The number of nitrogens with two attached hydrogens (primary N) is 3. The van der Waals surface area contributed by atoms with Crippen LogP contribution >= 0.6 is 0 Å². The van der Waals surface area contributed by atoms with Crippen molar-refractivity contribution in [1.29, 1.82) is 5.41 Å². The third kappa shape index (κ3) is 4.19. The van der Waals surface area contributed by atoms with Crippen molar-refractivity contribution < 1.29 is 9.59 Å². The Balaban J connectivity index is 4.34. The fraction of sp³-hybridized carbons (Fsp3) is 0.429. The van der Waals surface area contributed by atoms with E-state index in [4.69, 9.17) is 22.6 Å². The highest BCUT2D eigenvalue weighted by Gasteiger charge is 2.10. The Kier molecular flexibility index (Phi) is 4.27. The van der Waals surface area contributed by atoms with Gasteiger partial charge in [-0.3, -0.25) is 20.0 Å². The second-order valence-electron chi connectivity index (χ2n) is 2.72. The average molecular weight is 199 g/mol. The van der Waals surface area contributed by atoms with Gasteiger partial charge in [0.25, 0.3) is 5.91 Å². The summed E-state index contributed by atoms with van der Waals surface area (Å²) in [7, 11) is 0. The molecule has 0 radical (unpaired) electrons. The molecule has 0 heterocycles. The number of carbonyl (C=O) groups excluding carboxylic acids is 2. The summed E-state index contributed by atoms with van der Waals surface area (Å²) in [5, 5.41) is 7.07. The minimum atomic E-state index is -0.866. The SMILES string of the molecule is CC(N=C(N)CC(=N)C(N)=O)C(N)=O. The van der Waals surface area contributed by atoms with Crippen molar-refractivity contribution in [1.82, 2.24) is 0 Å². The van der Waals surface area contributed by atoms with Crippen molar-refractivity contribution in [2.75, 3.05) is 0 Å². The number of nitrogens with zero attached hydrogens (tertiary/aromatic N) is 1. The van der Waals surface area contributed by atoms with Crippen molar-refractivity contribution in [3.63, 3.8) is 0 Å². The van der Waals surface area contributed by atoms with Gasteiger partial charge in [0.05, 0.1) is 6.42 Å². The third-order valence-corrected chi connectivity index (χ3v) is 1.43. The fourth-order valence-corrected chi connectivity index (χ4v) is 0.626. The molecule has 1 atom stereocenters. The number of hydrogen-bond acceptors (Lipinski definition) is 4. The van der Waals surface area contributed by atoms with Crippen LogP contribution in [0.5, 0.6) is 0 Å². The first-order valence-electron chi connectivity index (χ1n) is 3.83. The van der Waals surface area contributed by atoms with E-state index < -0.39 is 17.9 Å². The maximum Gasteiger partial charge on any atom is 0.262 e. The Labute approximate surface area is 80.9 Å². The molecule has 2 amide bonds. The van der Waals surface area contributed by atoms with E-state index in [0.29, 0.717) is 0 Å². The van der Waals surface area contributed by atoms with Crippen LogP contribution in [0.25, 0.3) is 0 Å². The molecule has 0 fully saturated rings. The monoisotopic (exact) mass is 199 g/mol. The quantitative estimate of drug-likeness (QED) is 0.303. The number of amidine groups is 1. The first-order chi connectivity index (χ1) is 6.34. The Morgan fingerprint density at radius 1 is 1.36 bits per heavy atom. The molecule has 0 saturated carbocycles. The van der Waals surface area contributed by atoms with E-state index in [1.165, 1.54) is 6.92 Å². The van der Waals surface area contributed by atoms with Gasteiger partial charge in [0.2, 0.25) is 5.91 Å². The lowest BCUT2D eigenvalue weighted by atomic mass is 10.2. The van der Waals surface area contributed by atoms with Gasteiger partial charge in [0.15, 0.2) is 0 Å². The average Bonchev–Trinajstić information content (AvgIpc) is 2.03. The van der Waals surface area contributed by atoms with Crippen molar-refractivity contribution >= 4 is 23.4 Å². The highest BCUT2D eigenvalue weighted by atomic mass is 16.1. The molecular formula is C7H13N5O2. The molecule has 0 bridgehead atoms. The van der Waals surface area contributed by atoms with Gasteiger partial charge in [-0.15, -0.1) is 0 Å². The molecule has 7 heteroatoms. The molecule has 0 aliphatic heterocycles. The second kappa shape index (κ2) is 4.95.